The van der Waals surface area contributed by atoms with E-state index in [0.29, 0.717) is 0 Å². The Morgan fingerprint density at radius 2 is 2.14 bits per heavy atom. The Balaban J connectivity index is 1.98. The van der Waals surface area contributed by atoms with Gasteiger partial charge >= 0.3 is 0 Å². The minimum atomic E-state index is -0.192. The summed E-state index contributed by atoms with van der Waals surface area (Å²) >= 11 is 0. The zero-order chi connectivity index (χ0) is 14.9. The van der Waals surface area contributed by atoms with Gasteiger partial charge in [0.25, 0.3) is 0 Å². The van der Waals surface area contributed by atoms with Crippen LogP contribution in [0, 0.1) is 0 Å². The molecule has 1 aromatic rings. The van der Waals surface area contributed by atoms with E-state index in [9.17, 15) is 0 Å². The summed E-state index contributed by atoms with van der Waals surface area (Å²) in [6.07, 6.45) is 5.71. The molecule has 3 atom stereocenters. The van der Waals surface area contributed by atoms with Crippen molar-refractivity contribution in [2.24, 2.45) is 0 Å². The highest BCUT2D eigenvalue weighted by Gasteiger charge is 2.48. The van der Waals surface area contributed by atoms with Gasteiger partial charge in [0.05, 0.1) is 13.2 Å². The summed E-state index contributed by atoms with van der Waals surface area (Å²) in [4.78, 5) is 0. The van der Waals surface area contributed by atoms with Crippen LogP contribution in [0.25, 0.3) is 0 Å². The van der Waals surface area contributed by atoms with Gasteiger partial charge in [-0.2, -0.15) is 0 Å². The number of hydrogen-bond acceptors (Lipinski definition) is 4. The van der Waals surface area contributed by atoms with Gasteiger partial charge in [0.15, 0.2) is 0 Å². The molecular weight excluding hydrogens is 266 g/mol. The minimum absolute atomic E-state index is 0.178. The normalized spacial score (nSPS) is 31.6. The Morgan fingerprint density at radius 3 is 2.86 bits per heavy atom. The number of benzene rings is 1. The lowest BCUT2D eigenvalue weighted by molar-refractivity contribution is -0.115. The fraction of sp³-hybridized carbons (Fsp3) is 0.647. The van der Waals surface area contributed by atoms with E-state index in [1.165, 1.54) is 18.4 Å². The van der Waals surface area contributed by atoms with Crippen LogP contribution in [0.15, 0.2) is 18.2 Å². The van der Waals surface area contributed by atoms with E-state index in [4.69, 9.17) is 14.2 Å². The predicted molar refractivity (Wildman–Crippen MR) is 82.0 cm³/mol. The third-order valence-electron chi connectivity index (χ3n) is 4.99. The van der Waals surface area contributed by atoms with Crippen molar-refractivity contribution in [1.82, 2.24) is 5.32 Å². The third kappa shape index (κ3) is 2.51. The highest BCUT2D eigenvalue weighted by atomic mass is 16.5. The van der Waals surface area contributed by atoms with Crippen LogP contribution in [0.4, 0.5) is 0 Å². The van der Waals surface area contributed by atoms with Crippen LogP contribution in [-0.2, 0) is 4.74 Å². The van der Waals surface area contributed by atoms with E-state index in [2.05, 4.69) is 11.4 Å². The van der Waals surface area contributed by atoms with Gasteiger partial charge in [-0.05, 0) is 44.5 Å². The van der Waals surface area contributed by atoms with Gasteiger partial charge in [0.1, 0.15) is 17.1 Å². The summed E-state index contributed by atoms with van der Waals surface area (Å²) < 4.78 is 17.6. The molecule has 1 N–H and O–H groups in total. The Bertz CT molecular complexity index is 505. The molecule has 116 valence electrons. The topological polar surface area (TPSA) is 39.7 Å². The van der Waals surface area contributed by atoms with Crippen molar-refractivity contribution in [3.8, 4) is 11.5 Å². The maximum absolute atomic E-state index is 6.47. The quantitative estimate of drug-likeness (QED) is 0.929. The Labute approximate surface area is 126 Å². The smallest absolute Gasteiger partial charge is 0.137 e. The number of hydrogen-bond donors (Lipinski definition) is 1. The van der Waals surface area contributed by atoms with Crippen LogP contribution in [-0.4, -0.2) is 33.0 Å². The molecule has 1 heterocycles. The number of nitrogens with one attached hydrogen (secondary N) is 1. The summed E-state index contributed by atoms with van der Waals surface area (Å²) in [5, 5.41) is 3.44. The molecule has 0 amide bonds. The van der Waals surface area contributed by atoms with Crippen molar-refractivity contribution < 1.29 is 14.2 Å². The molecule has 3 unspecified atom stereocenters. The van der Waals surface area contributed by atoms with Crippen molar-refractivity contribution >= 4 is 0 Å². The molecule has 0 bridgehead atoms. The first-order valence-electron chi connectivity index (χ1n) is 7.79. The van der Waals surface area contributed by atoms with Crippen molar-refractivity contribution in [3.05, 3.63) is 23.8 Å². The van der Waals surface area contributed by atoms with E-state index in [1.807, 2.05) is 19.2 Å². The van der Waals surface area contributed by atoms with Crippen molar-refractivity contribution in [2.75, 3.05) is 21.3 Å². The zero-order valence-corrected chi connectivity index (χ0v) is 13.1. The maximum atomic E-state index is 6.47. The van der Waals surface area contributed by atoms with E-state index >= 15 is 0 Å². The summed E-state index contributed by atoms with van der Waals surface area (Å²) in [5.41, 5.74) is 0.991. The molecule has 1 fully saturated rings. The van der Waals surface area contributed by atoms with Crippen molar-refractivity contribution in [2.45, 2.75) is 49.9 Å². The summed E-state index contributed by atoms with van der Waals surface area (Å²) in [7, 11) is 5.51. The SMILES string of the molecule is CNC1CC2(CCCCC2OC)Oc2ccc(OC)cc21. The molecule has 1 spiro atoms. The summed E-state index contributed by atoms with van der Waals surface area (Å²) in [6.45, 7) is 0. The van der Waals surface area contributed by atoms with Gasteiger partial charge in [-0.1, -0.05) is 6.42 Å². The molecule has 0 saturated heterocycles. The molecule has 4 heteroatoms. The van der Waals surface area contributed by atoms with Gasteiger partial charge in [0, 0.05) is 25.1 Å². The average Bonchev–Trinajstić information content (AvgIpc) is 2.54. The fourth-order valence-electron chi connectivity index (χ4n) is 3.85. The van der Waals surface area contributed by atoms with Crippen LogP contribution in [0.3, 0.4) is 0 Å². The lowest BCUT2D eigenvalue weighted by Crippen LogP contribution is -2.54. The number of ether oxygens (including phenoxy) is 3. The molecule has 1 aliphatic heterocycles. The first kappa shape index (κ1) is 14.7. The van der Waals surface area contributed by atoms with E-state index in [-0.39, 0.29) is 17.7 Å². The standard InChI is InChI=1S/C17H25NO3/c1-18-14-11-17(9-5-4-6-16(17)20-3)21-15-8-7-12(19-2)10-13(14)15/h7-8,10,14,16,18H,4-6,9,11H2,1-3H3. The van der Waals surface area contributed by atoms with E-state index < -0.39 is 0 Å². The van der Waals surface area contributed by atoms with Gasteiger partial charge in [-0.25, -0.2) is 0 Å². The molecule has 0 radical (unpaired) electrons. The first-order valence-corrected chi connectivity index (χ1v) is 7.79. The van der Waals surface area contributed by atoms with Crippen molar-refractivity contribution in [3.63, 3.8) is 0 Å². The lowest BCUT2D eigenvalue weighted by atomic mass is 9.75. The second kappa shape index (κ2) is 5.85. The number of methoxy groups -OCH3 is 2. The Kier molecular flexibility index (Phi) is 4.09. The molecule has 2 aliphatic rings. The minimum Gasteiger partial charge on any atom is -0.497 e. The molecule has 0 aromatic heterocycles. The number of fused-ring (bicyclic) bond motifs is 1. The predicted octanol–water partition coefficient (Wildman–Crippen LogP) is 3.07. The van der Waals surface area contributed by atoms with Crippen LogP contribution in [0.2, 0.25) is 0 Å². The highest BCUT2D eigenvalue weighted by molar-refractivity contribution is 5.44. The first-order chi connectivity index (χ1) is 10.2. The molecule has 1 saturated carbocycles. The summed E-state index contributed by atoms with van der Waals surface area (Å²) in [6, 6.07) is 6.35. The van der Waals surface area contributed by atoms with Gasteiger partial charge < -0.3 is 19.5 Å². The van der Waals surface area contributed by atoms with Crippen LogP contribution in [0.1, 0.15) is 43.7 Å². The monoisotopic (exact) mass is 291 g/mol. The van der Waals surface area contributed by atoms with Crippen LogP contribution < -0.4 is 14.8 Å². The Morgan fingerprint density at radius 1 is 1.29 bits per heavy atom. The van der Waals surface area contributed by atoms with Crippen LogP contribution in [0.5, 0.6) is 11.5 Å². The lowest BCUT2D eigenvalue weighted by Gasteiger charge is -2.48. The second-order valence-electron chi connectivity index (χ2n) is 6.09. The van der Waals surface area contributed by atoms with Crippen LogP contribution >= 0.6 is 0 Å². The van der Waals surface area contributed by atoms with Gasteiger partial charge in [-0.3, -0.25) is 0 Å². The van der Waals surface area contributed by atoms with Crippen molar-refractivity contribution in [1.29, 1.82) is 0 Å². The molecular formula is C17H25NO3. The molecule has 21 heavy (non-hydrogen) atoms. The van der Waals surface area contributed by atoms with E-state index in [0.717, 1.165) is 30.8 Å². The van der Waals surface area contributed by atoms with Gasteiger partial charge in [-0.15, -0.1) is 0 Å². The summed E-state index contributed by atoms with van der Waals surface area (Å²) in [5.74, 6) is 1.84. The maximum Gasteiger partial charge on any atom is 0.137 e. The molecule has 1 aliphatic carbocycles. The van der Waals surface area contributed by atoms with E-state index in [1.54, 1.807) is 14.2 Å². The average molecular weight is 291 g/mol. The highest BCUT2D eigenvalue weighted by Crippen LogP contribution is 2.47. The largest absolute Gasteiger partial charge is 0.497 e. The number of rotatable bonds is 3. The molecule has 4 nitrogen and oxygen atoms in total. The van der Waals surface area contributed by atoms with Gasteiger partial charge in [0.2, 0.25) is 0 Å². The molecule has 3 rings (SSSR count). The fourth-order valence-corrected chi connectivity index (χ4v) is 3.85. The second-order valence-corrected chi connectivity index (χ2v) is 6.09. The zero-order valence-electron chi connectivity index (χ0n) is 13.1. The third-order valence-corrected chi connectivity index (χ3v) is 4.99. The Hall–Kier alpha value is -1.26. The molecule has 1 aromatic carbocycles.